The van der Waals surface area contributed by atoms with Gasteiger partial charge in [0.15, 0.2) is 0 Å². The number of carbonyl (C=O) groups excluding carboxylic acids is 3. The highest BCUT2D eigenvalue weighted by molar-refractivity contribution is 6.02. The second kappa shape index (κ2) is 17.7. The van der Waals surface area contributed by atoms with E-state index in [1.807, 2.05) is 60.7 Å². The molecule has 9 nitrogen and oxygen atoms in total. The van der Waals surface area contributed by atoms with Crippen molar-refractivity contribution in [2.45, 2.75) is 51.1 Å². The number of benzene rings is 3. The zero-order valence-corrected chi connectivity index (χ0v) is 25.6. The molecule has 0 aromatic heterocycles. The van der Waals surface area contributed by atoms with Crippen LogP contribution < -0.4 is 26.4 Å². The molecule has 1 aliphatic rings. The van der Waals surface area contributed by atoms with E-state index in [1.54, 1.807) is 24.3 Å². The Kier molecular flexibility index (Phi) is 13.7. The molecule has 0 saturated heterocycles. The first-order chi connectivity index (χ1) is 20.9. The van der Waals surface area contributed by atoms with Gasteiger partial charge >= 0.3 is 0 Å². The second-order valence-electron chi connectivity index (χ2n) is 10.9. The molecule has 3 amide bonds. The Bertz CT molecular complexity index is 1350. The molecule has 1 fully saturated rings. The molecule has 3 aromatic rings. The highest BCUT2D eigenvalue weighted by Gasteiger charge is 2.35. The van der Waals surface area contributed by atoms with E-state index in [1.165, 1.54) is 0 Å². The Balaban J connectivity index is 0.00000529. The van der Waals surface area contributed by atoms with Crippen molar-refractivity contribution in [2.75, 3.05) is 13.2 Å². The molecule has 1 unspecified atom stereocenters. The molecule has 10 heteroatoms. The average Bonchev–Trinajstić information content (AvgIpc) is 3.04. The van der Waals surface area contributed by atoms with Crippen LogP contribution in [0.3, 0.4) is 0 Å². The van der Waals surface area contributed by atoms with E-state index in [-0.39, 0.29) is 49.6 Å². The summed E-state index contributed by atoms with van der Waals surface area (Å²) < 4.78 is 5.71. The Morgan fingerprint density at radius 3 is 2.07 bits per heavy atom. The molecule has 0 aliphatic heterocycles. The van der Waals surface area contributed by atoms with Gasteiger partial charge in [-0.15, -0.1) is 12.4 Å². The van der Waals surface area contributed by atoms with Crippen molar-refractivity contribution in [2.24, 2.45) is 17.6 Å². The van der Waals surface area contributed by atoms with Crippen LogP contribution >= 0.6 is 12.4 Å². The molecule has 0 heterocycles. The maximum Gasteiger partial charge on any atom is 0.242 e. The summed E-state index contributed by atoms with van der Waals surface area (Å²) in [5.74, 6) is -1.61. The van der Waals surface area contributed by atoms with Crippen LogP contribution in [-0.2, 0) is 27.3 Å². The number of hydrogen-bond donors (Lipinski definition) is 5. The number of carbonyl (C=O) groups is 3. The SMILES string of the molecule is Cl.N=C(N)c1ccc(CC(C(=O)NCc2ccccc2)C(=O)N[C@H](C(=O)NCCOc2ccccc2)C2CCCCC2)cc1. The number of halogens is 1. The first-order valence-electron chi connectivity index (χ1n) is 14.9. The van der Waals surface area contributed by atoms with Crippen molar-refractivity contribution in [3.8, 4) is 5.75 Å². The molecule has 3 aromatic carbocycles. The Hall–Kier alpha value is -4.37. The summed E-state index contributed by atoms with van der Waals surface area (Å²) in [5, 5.41) is 16.4. The standard InChI is InChI=1S/C34H41N5O4.ClH/c35-31(36)27-18-16-24(17-19-27)22-29(32(40)38-23-25-10-4-1-5-11-25)33(41)39-30(26-12-6-2-7-13-26)34(42)37-20-21-43-28-14-8-3-9-15-28;/h1,3-5,8-11,14-19,26,29-30H,2,6-7,12-13,20-23H2,(H3,35,36)(H,37,42)(H,38,40)(H,39,41);1H/t29?,30-;/m0./s1. The maximum absolute atomic E-state index is 13.8. The Morgan fingerprint density at radius 1 is 0.795 bits per heavy atom. The number of amidine groups is 1. The van der Waals surface area contributed by atoms with Gasteiger partial charge < -0.3 is 26.4 Å². The number of nitrogen functional groups attached to an aromatic ring is 1. The Labute approximate surface area is 265 Å². The van der Waals surface area contributed by atoms with Crippen LogP contribution in [0, 0.1) is 17.2 Å². The van der Waals surface area contributed by atoms with Gasteiger partial charge in [0, 0.05) is 12.1 Å². The number of nitrogens with two attached hydrogens (primary N) is 1. The van der Waals surface area contributed by atoms with Gasteiger partial charge in [-0.25, -0.2) is 0 Å². The largest absolute Gasteiger partial charge is 0.492 e. The van der Waals surface area contributed by atoms with Crippen LogP contribution in [0.4, 0.5) is 0 Å². The molecule has 1 aliphatic carbocycles. The third-order valence-corrected chi connectivity index (χ3v) is 7.76. The number of amides is 3. The molecule has 234 valence electrons. The van der Waals surface area contributed by atoms with Crippen LogP contribution in [0.5, 0.6) is 5.75 Å². The molecule has 44 heavy (non-hydrogen) atoms. The predicted octanol–water partition coefficient (Wildman–Crippen LogP) is 4.13. The van der Waals surface area contributed by atoms with Gasteiger partial charge in [-0.1, -0.05) is 92.1 Å². The van der Waals surface area contributed by atoms with Gasteiger partial charge in [0.2, 0.25) is 17.7 Å². The van der Waals surface area contributed by atoms with Crippen LogP contribution in [0.15, 0.2) is 84.9 Å². The van der Waals surface area contributed by atoms with Crippen LogP contribution in [0.25, 0.3) is 0 Å². The van der Waals surface area contributed by atoms with Gasteiger partial charge in [0.25, 0.3) is 0 Å². The van der Waals surface area contributed by atoms with E-state index in [0.29, 0.717) is 12.2 Å². The van der Waals surface area contributed by atoms with E-state index in [0.717, 1.165) is 49.0 Å². The molecule has 1 saturated carbocycles. The third-order valence-electron chi connectivity index (χ3n) is 7.76. The molecular weight excluding hydrogens is 578 g/mol. The van der Waals surface area contributed by atoms with Crippen LogP contribution in [0.2, 0.25) is 0 Å². The fourth-order valence-corrected chi connectivity index (χ4v) is 5.36. The molecule has 0 spiro atoms. The number of ether oxygens (including phenoxy) is 1. The lowest BCUT2D eigenvalue weighted by molar-refractivity contribution is -0.138. The summed E-state index contributed by atoms with van der Waals surface area (Å²) >= 11 is 0. The summed E-state index contributed by atoms with van der Waals surface area (Å²) in [4.78, 5) is 40.7. The normalized spacial score (nSPS) is 14.3. The topological polar surface area (TPSA) is 146 Å². The molecule has 6 N–H and O–H groups in total. The second-order valence-corrected chi connectivity index (χ2v) is 10.9. The number of rotatable bonds is 14. The van der Waals surface area contributed by atoms with Crippen molar-refractivity contribution in [1.82, 2.24) is 16.0 Å². The summed E-state index contributed by atoms with van der Waals surface area (Å²) in [5.41, 5.74) is 7.81. The maximum atomic E-state index is 13.8. The molecule has 0 radical (unpaired) electrons. The number of para-hydroxylation sites is 1. The molecule has 2 atom stereocenters. The first-order valence-corrected chi connectivity index (χ1v) is 14.9. The molecule has 0 bridgehead atoms. The Morgan fingerprint density at radius 2 is 1.43 bits per heavy atom. The smallest absolute Gasteiger partial charge is 0.242 e. The van der Waals surface area contributed by atoms with E-state index >= 15 is 0 Å². The summed E-state index contributed by atoms with van der Waals surface area (Å²) in [7, 11) is 0. The lowest BCUT2D eigenvalue weighted by atomic mass is 9.83. The predicted molar refractivity (Wildman–Crippen MR) is 174 cm³/mol. The minimum absolute atomic E-state index is 0. The number of nitrogens with one attached hydrogen (secondary N) is 4. The monoisotopic (exact) mass is 619 g/mol. The summed E-state index contributed by atoms with van der Waals surface area (Å²) in [6.45, 7) is 0.860. The third kappa shape index (κ3) is 10.4. The zero-order valence-electron chi connectivity index (χ0n) is 24.8. The fraction of sp³-hybridized carbons (Fsp3) is 0.353. The van der Waals surface area contributed by atoms with Gasteiger partial charge in [0.05, 0.1) is 6.54 Å². The fourth-order valence-electron chi connectivity index (χ4n) is 5.36. The minimum Gasteiger partial charge on any atom is -0.492 e. The number of hydrogen-bond acceptors (Lipinski definition) is 5. The van der Waals surface area contributed by atoms with E-state index < -0.39 is 23.8 Å². The molecular formula is C34H42ClN5O4. The van der Waals surface area contributed by atoms with Crippen molar-refractivity contribution in [3.05, 3.63) is 102 Å². The quantitative estimate of drug-likeness (QED) is 0.0797. The minimum atomic E-state index is -1.06. The lowest BCUT2D eigenvalue weighted by Gasteiger charge is -2.31. The summed E-state index contributed by atoms with van der Waals surface area (Å²) in [6, 6.07) is 25.0. The zero-order chi connectivity index (χ0) is 30.4. The molecule has 4 rings (SSSR count). The van der Waals surface area contributed by atoms with E-state index in [9.17, 15) is 14.4 Å². The van der Waals surface area contributed by atoms with Gasteiger partial charge in [0.1, 0.15) is 30.2 Å². The van der Waals surface area contributed by atoms with Crippen LogP contribution in [0.1, 0.15) is 48.8 Å². The van der Waals surface area contributed by atoms with E-state index in [2.05, 4.69) is 16.0 Å². The van der Waals surface area contributed by atoms with Crippen molar-refractivity contribution in [3.63, 3.8) is 0 Å². The first kappa shape index (κ1) is 34.1. The van der Waals surface area contributed by atoms with Gasteiger partial charge in [-0.05, 0) is 48.4 Å². The average molecular weight is 620 g/mol. The van der Waals surface area contributed by atoms with E-state index in [4.69, 9.17) is 15.9 Å². The van der Waals surface area contributed by atoms with Crippen LogP contribution in [-0.4, -0.2) is 42.8 Å². The van der Waals surface area contributed by atoms with Crippen molar-refractivity contribution >= 4 is 36.0 Å². The summed E-state index contributed by atoms with van der Waals surface area (Å²) in [6.07, 6.45) is 4.88. The highest BCUT2D eigenvalue weighted by atomic mass is 35.5. The lowest BCUT2D eigenvalue weighted by Crippen LogP contribution is -2.55. The van der Waals surface area contributed by atoms with Gasteiger partial charge in [-0.2, -0.15) is 0 Å². The highest BCUT2D eigenvalue weighted by Crippen LogP contribution is 2.27. The van der Waals surface area contributed by atoms with Crippen molar-refractivity contribution < 1.29 is 19.1 Å². The van der Waals surface area contributed by atoms with Crippen molar-refractivity contribution in [1.29, 1.82) is 5.41 Å². The van der Waals surface area contributed by atoms with Gasteiger partial charge in [-0.3, -0.25) is 19.8 Å².